The molecule has 0 bridgehead atoms. The second-order valence-electron chi connectivity index (χ2n) is 3.00. The molecule has 0 radical (unpaired) electrons. The van der Waals surface area contributed by atoms with Gasteiger partial charge in [0.05, 0.1) is 18.1 Å². The summed E-state index contributed by atoms with van der Waals surface area (Å²) in [7, 11) is 0. The zero-order chi connectivity index (χ0) is 10.7. The Morgan fingerprint density at radius 3 is 2.93 bits per heavy atom. The number of aliphatic hydroxyl groups is 1. The Hall–Kier alpha value is -1.81. The molecule has 0 unspecified atom stereocenters. The first-order chi connectivity index (χ1) is 7.31. The molecule has 4 nitrogen and oxygen atoms in total. The van der Waals surface area contributed by atoms with Crippen molar-refractivity contribution >= 4 is 11.0 Å². The van der Waals surface area contributed by atoms with Crippen LogP contribution in [0.1, 0.15) is 0 Å². The number of aliphatic hydroxyl groups excluding tert-OH is 1. The Kier molecular flexibility index (Phi) is 2.69. The van der Waals surface area contributed by atoms with Gasteiger partial charge in [0.25, 0.3) is 0 Å². The van der Waals surface area contributed by atoms with Crippen molar-refractivity contribution in [2.75, 3.05) is 13.2 Å². The highest BCUT2D eigenvalue weighted by Crippen LogP contribution is 2.22. The molecular formula is C11H10O4. The van der Waals surface area contributed by atoms with Gasteiger partial charge < -0.3 is 14.3 Å². The van der Waals surface area contributed by atoms with E-state index in [1.54, 1.807) is 18.2 Å². The third-order valence-corrected chi connectivity index (χ3v) is 1.96. The molecule has 0 aliphatic heterocycles. The first-order valence-electron chi connectivity index (χ1n) is 4.58. The molecule has 1 heterocycles. The van der Waals surface area contributed by atoms with E-state index in [2.05, 4.69) is 0 Å². The SMILES string of the molecule is O=c1cc(OCCO)c2ccccc2o1. The molecule has 1 aromatic heterocycles. The van der Waals surface area contributed by atoms with Crippen LogP contribution in [0, 0.1) is 0 Å². The maximum atomic E-state index is 11.2. The molecule has 0 aliphatic rings. The normalized spacial score (nSPS) is 10.5. The second-order valence-corrected chi connectivity index (χ2v) is 3.00. The lowest BCUT2D eigenvalue weighted by atomic mass is 10.2. The smallest absolute Gasteiger partial charge is 0.339 e. The number of benzene rings is 1. The first-order valence-corrected chi connectivity index (χ1v) is 4.58. The molecular weight excluding hydrogens is 196 g/mol. The Balaban J connectivity index is 2.55. The minimum Gasteiger partial charge on any atom is -0.490 e. The number of hydrogen-bond donors (Lipinski definition) is 1. The standard InChI is InChI=1S/C11H10O4/c12-5-6-14-10-7-11(13)15-9-4-2-1-3-8(9)10/h1-4,7,12H,5-6H2. The molecule has 0 spiro atoms. The zero-order valence-corrected chi connectivity index (χ0v) is 7.97. The Bertz CT molecular complexity index is 515. The molecule has 1 aromatic carbocycles. The van der Waals surface area contributed by atoms with E-state index in [4.69, 9.17) is 14.3 Å². The molecule has 0 saturated carbocycles. The quantitative estimate of drug-likeness (QED) is 0.765. The lowest BCUT2D eigenvalue weighted by Crippen LogP contribution is -2.05. The van der Waals surface area contributed by atoms with Gasteiger partial charge in [-0.25, -0.2) is 4.79 Å². The second kappa shape index (κ2) is 4.14. The minimum atomic E-state index is -0.457. The summed E-state index contributed by atoms with van der Waals surface area (Å²) in [6.07, 6.45) is 0. The van der Waals surface area contributed by atoms with Gasteiger partial charge in [-0.2, -0.15) is 0 Å². The van der Waals surface area contributed by atoms with E-state index in [1.807, 2.05) is 6.07 Å². The highest BCUT2D eigenvalue weighted by molar-refractivity contribution is 5.82. The maximum Gasteiger partial charge on any atom is 0.339 e. The van der Waals surface area contributed by atoms with E-state index in [0.717, 1.165) is 5.39 Å². The first kappa shape index (κ1) is 9.73. The van der Waals surface area contributed by atoms with Crippen LogP contribution in [0.5, 0.6) is 5.75 Å². The summed E-state index contributed by atoms with van der Waals surface area (Å²) in [5, 5.41) is 9.37. The molecule has 4 heteroatoms. The lowest BCUT2D eigenvalue weighted by Gasteiger charge is -2.05. The predicted octanol–water partition coefficient (Wildman–Crippen LogP) is 1.16. The van der Waals surface area contributed by atoms with Crippen LogP contribution in [0.25, 0.3) is 11.0 Å². The van der Waals surface area contributed by atoms with Crippen molar-refractivity contribution in [3.8, 4) is 5.75 Å². The van der Waals surface area contributed by atoms with Crippen molar-refractivity contribution in [3.05, 3.63) is 40.8 Å². The average molecular weight is 206 g/mol. The van der Waals surface area contributed by atoms with Crippen molar-refractivity contribution in [3.63, 3.8) is 0 Å². The molecule has 0 saturated heterocycles. The zero-order valence-electron chi connectivity index (χ0n) is 7.97. The van der Waals surface area contributed by atoms with E-state index in [0.29, 0.717) is 11.3 Å². The summed E-state index contributed by atoms with van der Waals surface area (Å²) in [5.41, 5.74) is 0.0274. The van der Waals surface area contributed by atoms with Gasteiger partial charge in [-0.3, -0.25) is 0 Å². The maximum absolute atomic E-state index is 11.2. The number of para-hydroxylation sites is 1. The minimum absolute atomic E-state index is 0.0887. The number of rotatable bonds is 3. The Morgan fingerprint density at radius 1 is 1.33 bits per heavy atom. The molecule has 1 N–H and O–H groups in total. The predicted molar refractivity (Wildman–Crippen MR) is 55.1 cm³/mol. The van der Waals surface area contributed by atoms with Crippen LogP contribution in [0.2, 0.25) is 0 Å². The largest absolute Gasteiger partial charge is 0.490 e. The van der Waals surface area contributed by atoms with Gasteiger partial charge in [0.15, 0.2) is 0 Å². The van der Waals surface area contributed by atoms with Crippen molar-refractivity contribution < 1.29 is 14.3 Å². The van der Waals surface area contributed by atoms with E-state index in [9.17, 15) is 4.79 Å². The van der Waals surface area contributed by atoms with E-state index in [-0.39, 0.29) is 13.2 Å². The molecule has 0 atom stereocenters. The van der Waals surface area contributed by atoms with Gasteiger partial charge in [0, 0.05) is 0 Å². The van der Waals surface area contributed by atoms with Gasteiger partial charge >= 0.3 is 5.63 Å². The van der Waals surface area contributed by atoms with E-state index < -0.39 is 5.63 Å². The van der Waals surface area contributed by atoms with Crippen LogP contribution in [0.3, 0.4) is 0 Å². The highest BCUT2D eigenvalue weighted by Gasteiger charge is 2.04. The number of ether oxygens (including phenoxy) is 1. The third-order valence-electron chi connectivity index (χ3n) is 1.96. The van der Waals surface area contributed by atoms with Gasteiger partial charge in [-0.1, -0.05) is 12.1 Å². The molecule has 0 amide bonds. The van der Waals surface area contributed by atoms with Crippen LogP contribution in [-0.4, -0.2) is 18.3 Å². The fraction of sp³-hybridized carbons (Fsp3) is 0.182. The molecule has 78 valence electrons. The third kappa shape index (κ3) is 1.99. The summed E-state index contributed by atoms with van der Waals surface area (Å²) in [6, 6.07) is 8.38. The van der Waals surface area contributed by atoms with E-state index in [1.165, 1.54) is 6.07 Å². The summed E-state index contributed by atoms with van der Waals surface area (Å²) in [5.74, 6) is 0.441. The topological polar surface area (TPSA) is 59.7 Å². The van der Waals surface area contributed by atoms with Gasteiger partial charge in [-0.15, -0.1) is 0 Å². The van der Waals surface area contributed by atoms with E-state index >= 15 is 0 Å². The van der Waals surface area contributed by atoms with Gasteiger partial charge in [0.1, 0.15) is 17.9 Å². The Labute approximate surface area is 85.7 Å². The fourth-order valence-electron chi connectivity index (χ4n) is 1.36. The van der Waals surface area contributed by atoms with Crippen molar-refractivity contribution in [2.24, 2.45) is 0 Å². The summed E-state index contributed by atoms with van der Waals surface area (Å²) in [4.78, 5) is 11.2. The van der Waals surface area contributed by atoms with Crippen molar-refractivity contribution in [1.29, 1.82) is 0 Å². The van der Waals surface area contributed by atoms with Crippen LogP contribution in [0.15, 0.2) is 39.5 Å². The van der Waals surface area contributed by atoms with Crippen molar-refractivity contribution in [2.45, 2.75) is 0 Å². The van der Waals surface area contributed by atoms with Crippen LogP contribution in [0.4, 0.5) is 0 Å². The lowest BCUT2D eigenvalue weighted by molar-refractivity contribution is 0.202. The van der Waals surface area contributed by atoms with Crippen LogP contribution < -0.4 is 10.4 Å². The summed E-state index contributed by atoms with van der Waals surface area (Å²) >= 11 is 0. The average Bonchev–Trinajstić information content (AvgIpc) is 2.25. The summed E-state index contributed by atoms with van der Waals surface area (Å²) < 4.78 is 10.2. The Morgan fingerprint density at radius 2 is 2.13 bits per heavy atom. The fourth-order valence-corrected chi connectivity index (χ4v) is 1.36. The van der Waals surface area contributed by atoms with Crippen LogP contribution >= 0.6 is 0 Å². The van der Waals surface area contributed by atoms with Crippen molar-refractivity contribution in [1.82, 2.24) is 0 Å². The van der Waals surface area contributed by atoms with Crippen LogP contribution in [-0.2, 0) is 0 Å². The number of fused-ring (bicyclic) bond motifs is 1. The van der Waals surface area contributed by atoms with Gasteiger partial charge in [-0.05, 0) is 12.1 Å². The molecule has 2 aromatic rings. The summed E-state index contributed by atoms with van der Waals surface area (Å²) in [6.45, 7) is 0.0714. The molecule has 15 heavy (non-hydrogen) atoms. The highest BCUT2D eigenvalue weighted by atomic mass is 16.5. The monoisotopic (exact) mass is 206 g/mol. The number of hydrogen-bond acceptors (Lipinski definition) is 4. The molecule has 0 fully saturated rings. The molecule has 0 aliphatic carbocycles. The van der Waals surface area contributed by atoms with Gasteiger partial charge in [0.2, 0.25) is 0 Å². The molecule has 2 rings (SSSR count).